The van der Waals surface area contributed by atoms with Gasteiger partial charge in [-0.3, -0.25) is 14.4 Å². The number of Topliss-reactive ketones (excluding diaryl/α,β-unsaturated/α-hetero) is 1. The fraction of sp³-hybridized carbons (Fsp3) is 0.292. The number of rotatable bonds is 5. The molecule has 1 aromatic carbocycles. The van der Waals surface area contributed by atoms with Crippen LogP contribution in [0.4, 0.5) is 10.2 Å². The number of carboxylic acids is 1. The van der Waals surface area contributed by atoms with E-state index in [2.05, 4.69) is 4.98 Å². The maximum absolute atomic E-state index is 12.8. The van der Waals surface area contributed by atoms with Gasteiger partial charge in [0.15, 0.2) is 11.6 Å². The predicted molar refractivity (Wildman–Crippen MR) is 129 cm³/mol. The smallest absolute Gasteiger partial charge is 0.326 e. The van der Waals surface area contributed by atoms with Gasteiger partial charge in [-0.15, -0.1) is 0 Å². The average molecular weight is 516 g/mol. The first kappa shape index (κ1) is 25.1. The summed E-state index contributed by atoms with van der Waals surface area (Å²) in [5, 5.41) is 9.89. The molecular weight excluding hydrogens is 493 g/mol. The van der Waals surface area contributed by atoms with Crippen LogP contribution >= 0.6 is 11.6 Å². The molecule has 1 aliphatic carbocycles. The molecule has 2 amide bonds. The third kappa shape index (κ3) is 4.74. The molecule has 188 valence electrons. The van der Waals surface area contributed by atoms with Crippen LogP contribution in [0.25, 0.3) is 11.0 Å². The van der Waals surface area contributed by atoms with E-state index in [1.54, 1.807) is 22.9 Å². The van der Waals surface area contributed by atoms with Gasteiger partial charge < -0.3 is 26.0 Å². The quantitative estimate of drug-likeness (QED) is 0.439. The largest absolute Gasteiger partial charge is 0.480 e. The average Bonchev–Trinajstić information content (AvgIpc) is 3.32. The zero-order chi connectivity index (χ0) is 26.3. The number of nitrogens with two attached hydrogens (primary N) is 2. The number of fused-ring (bicyclic) bond motifs is 2. The number of nitrogen functional groups attached to an aromatic ring is 1. The summed E-state index contributed by atoms with van der Waals surface area (Å²) in [6.45, 7) is 1.39. The summed E-state index contributed by atoms with van der Waals surface area (Å²) >= 11 is 5.38. The van der Waals surface area contributed by atoms with Crippen LogP contribution in [0, 0.1) is 11.7 Å². The van der Waals surface area contributed by atoms with Gasteiger partial charge in [-0.1, -0.05) is 17.7 Å². The number of amides is 2. The number of benzene rings is 1. The summed E-state index contributed by atoms with van der Waals surface area (Å²) < 4.78 is 14.4. The van der Waals surface area contributed by atoms with E-state index in [0.717, 1.165) is 6.42 Å². The maximum Gasteiger partial charge on any atom is 0.326 e. The maximum atomic E-state index is 12.8. The molecule has 3 aromatic rings. The van der Waals surface area contributed by atoms with Crippen LogP contribution in [-0.4, -0.2) is 55.2 Å². The van der Waals surface area contributed by atoms with Crippen molar-refractivity contribution in [1.29, 1.82) is 0 Å². The Morgan fingerprint density at radius 1 is 1.17 bits per heavy atom. The first-order valence-corrected chi connectivity index (χ1v) is 11.4. The predicted octanol–water partition coefficient (Wildman–Crippen LogP) is 2.47. The zero-order valence-electron chi connectivity index (χ0n) is 19.1. The second kappa shape index (κ2) is 9.57. The van der Waals surface area contributed by atoms with Crippen molar-refractivity contribution in [3.63, 3.8) is 0 Å². The second-order valence-corrected chi connectivity index (χ2v) is 9.16. The number of pyridine rings is 1. The monoisotopic (exact) mass is 515 g/mol. The number of carbonyl (C=O) groups excluding carboxylic acids is 3. The van der Waals surface area contributed by atoms with Crippen LogP contribution in [-0.2, 0) is 16.1 Å². The molecule has 2 aromatic heterocycles. The Labute approximate surface area is 209 Å². The van der Waals surface area contributed by atoms with Gasteiger partial charge in [-0.05, 0) is 49.9 Å². The van der Waals surface area contributed by atoms with Crippen LogP contribution in [0.5, 0.6) is 0 Å². The molecule has 0 unspecified atom stereocenters. The van der Waals surface area contributed by atoms with E-state index < -0.39 is 23.7 Å². The van der Waals surface area contributed by atoms with Crippen molar-refractivity contribution >= 4 is 52.0 Å². The van der Waals surface area contributed by atoms with Gasteiger partial charge >= 0.3 is 5.97 Å². The minimum absolute atomic E-state index is 0.0285. The standard InChI is InChI=1S/C17H18N4O4.C7H5ClFNO/c1-8(22)11-6-20(16-10(11)2-3-14(18)19-16)7-15(23)21-12-4-9(12)5-13(21)17(24)25;8-5-3-1-2-4(6(5)9)7(10)11/h2-3,6,9,12-13H,4-5,7H2,1H3,(H2,18,19)(H,24,25);1-3H,(H2,10,11)/t9-,12-,13+;/m1./s1. The van der Waals surface area contributed by atoms with Crippen molar-refractivity contribution in [2.75, 3.05) is 5.73 Å². The number of halogens is 2. The van der Waals surface area contributed by atoms with Gasteiger partial charge in [0, 0.05) is 23.2 Å². The second-order valence-electron chi connectivity index (χ2n) is 8.75. The van der Waals surface area contributed by atoms with Crippen molar-refractivity contribution in [1.82, 2.24) is 14.5 Å². The number of ketones is 1. The van der Waals surface area contributed by atoms with Gasteiger partial charge in [0.2, 0.25) is 5.91 Å². The number of anilines is 1. The number of carbonyl (C=O) groups is 4. The Bertz CT molecular complexity index is 1410. The van der Waals surface area contributed by atoms with Crippen molar-refractivity contribution in [2.24, 2.45) is 11.7 Å². The molecule has 0 radical (unpaired) electrons. The molecule has 1 saturated carbocycles. The van der Waals surface area contributed by atoms with E-state index in [4.69, 9.17) is 23.1 Å². The lowest BCUT2D eigenvalue weighted by Gasteiger charge is -2.24. The molecule has 0 bridgehead atoms. The Morgan fingerprint density at radius 2 is 1.89 bits per heavy atom. The Hall–Kier alpha value is -3.99. The first-order valence-electron chi connectivity index (χ1n) is 11.0. The highest BCUT2D eigenvalue weighted by atomic mass is 35.5. The summed E-state index contributed by atoms with van der Waals surface area (Å²) in [5.74, 6) is -2.35. The Morgan fingerprint density at radius 3 is 2.50 bits per heavy atom. The van der Waals surface area contributed by atoms with E-state index in [9.17, 15) is 28.7 Å². The van der Waals surface area contributed by atoms with Crippen LogP contribution in [0.3, 0.4) is 0 Å². The minimum Gasteiger partial charge on any atom is -0.480 e. The molecule has 0 spiro atoms. The fourth-order valence-corrected chi connectivity index (χ4v) is 4.71. The van der Waals surface area contributed by atoms with Crippen LogP contribution in [0.2, 0.25) is 5.02 Å². The molecular formula is C24H23ClFN5O5. The van der Waals surface area contributed by atoms with Gasteiger partial charge in [-0.25, -0.2) is 14.2 Å². The third-order valence-corrected chi connectivity index (χ3v) is 6.62. The van der Waals surface area contributed by atoms with E-state index in [1.807, 2.05) is 0 Å². The lowest BCUT2D eigenvalue weighted by molar-refractivity contribution is -0.149. The van der Waals surface area contributed by atoms with Crippen molar-refractivity contribution in [3.8, 4) is 0 Å². The molecule has 12 heteroatoms. The van der Waals surface area contributed by atoms with E-state index >= 15 is 0 Å². The topological polar surface area (TPSA) is 162 Å². The molecule has 36 heavy (non-hydrogen) atoms. The molecule has 5 N–H and O–H groups in total. The molecule has 2 fully saturated rings. The number of likely N-dealkylation sites (tertiary alicyclic amines) is 1. The minimum atomic E-state index is -0.968. The third-order valence-electron chi connectivity index (χ3n) is 6.32. The lowest BCUT2D eigenvalue weighted by atomic mass is 10.1. The lowest BCUT2D eigenvalue weighted by Crippen LogP contribution is -2.44. The number of carboxylic acid groups (broad SMARTS) is 1. The highest BCUT2D eigenvalue weighted by molar-refractivity contribution is 6.31. The number of hydrogen-bond donors (Lipinski definition) is 3. The SMILES string of the molecule is CC(=O)c1cn(CC(=O)N2[C@@H]3C[C@@H]3C[C@H]2C(=O)O)c2nc(N)ccc12.NC(=O)c1cccc(Cl)c1F. The van der Waals surface area contributed by atoms with Crippen molar-refractivity contribution in [2.45, 2.75) is 38.4 Å². The molecule has 5 rings (SSSR count). The van der Waals surface area contributed by atoms with Crippen LogP contribution in [0.1, 0.15) is 40.5 Å². The van der Waals surface area contributed by atoms with E-state index in [-0.39, 0.29) is 34.9 Å². The highest BCUT2D eigenvalue weighted by Gasteiger charge is 2.56. The Balaban J connectivity index is 0.000000233. The summed E-state index contributed by atoms with van der Waals surface area (Å²) in [5.41, 5.74) is 11.3. The molecule has 3 atom stereocenters. The van der Waals surface area contributed by atoms with Gasteiger partial charge in [0.25, 0.3) is 5.91 Å². The summed E-state index contributed by atoms with van der Waals surface area (Å²) in [6.07, 6.45) is 2.97. The molecule has 1 saturated heterocycles. The van der Waals surface area contributed by atoms with Crippen LogP contribution < -0.4 is 11.5 Å². The van der Waals surface area contributed by atoms with E-state index in [1.165, 1.54) is 30.0 Å². The molecule has 2 aliphatic rings. The van der Waals surface area contributed by atoms with Crippen LogP contribution in [0.15, 0.2) is 36.5 Å². The number of primary amides is 1. The highest BCUT2D eigenvalue weighted by Crippen LogP contribution is 2.48. The number of aromatic nitrogens is 2. The summed E-state index contributed by atoms with van der Waals surface area (Å²) in [6, 6.07) is 6.68. The Kier molecular flexibility index (Phi) is 6.68. The number of nitrogens with zero attached hydrogens (tertiary/aromatic N) is 3. The summed E-state index contributed by atoms with van der Waals surface area (Å²) in [4.78, 5) is 52.3. The van der Waals surface area contributed by atoms with E-state index in [0.29, 0.717) is 34.8 Å². The van der Waals surface area contributed by atoms with Gasteiger partial charge in [0.1, 0.15) is 24.1 Å². The van der Waals surface area contributed by atoms with Gasteiger partial charge in [0.05, 0.1) is 10.6 Å². The van der Waals surface area contributed by atoms with Gasteiger partial charge in [-0.2, -0.15) is 0 Å². The normalized spacial score (nSPS) is 19.9. The summed E-state index contributed by atoms with van der Waals surface area (Å²) in [7, 11) is 0. The number of hydrogen-bond acceptors (Lipinski definition) is 6. The first-order chi connectivity index (χ1) is 17.0. The molecule has 3 heterocycles. The fourth-order valence-electron chi connectivity index (χ4n) is 4.54. The van der Waals surface area contributed by atoms with Crippen molar-refractivity contribution < 1.29 is 28.7 Å². The number of aliphatic carboxylic acids is 1. The molecule has 1 aliphatic heterocycles. The number of piperidine rings is 1. The van der Waals surface area contributed by atoms with Crippen molar-refractivity contribution in [3.05, 3.63) is 58.5 Å². The zero-order valence-corrected chi connectivity index (χ0v) is 19.9. The molecule has 10 nitrogen and oxygen atoms in total.